The molecule has 0 aliphatic rings. The Labute approximate surface area is 151 Å². The number of halogens is 1. The zero-order valence-electron chi connectivity index (χ0n) is 13.6. The second kappa shape index (κ2) is 8.98. The number of carbonyl (C=O) groups is 1. The number of thioether (sulfide) groups is 1. The Balaban J connectivity index is 1.82. The lowest BCUT2D eigenvalue weighted by molar-refractivity contribution is -0.122. The summed E-state index contributed by atoms with van der Waals surface area (Å²) in [4.78, 5) is 12.6. The van der Waals surface area contributed by atoms with Gasteiger partial charge in [0.05, 0.1) is 6.04 Å². The third-order valence-electron chi connectivity index (χ3n) is 3.26. The summed E-state index contributed by atoms with van der Waals surface area (Å²) in [6, 6.07) is 13.7. The van der Waals surface area contributed by atoms with E-state index in [1.807, 2.05) is 30.3 Å². The Morgan fingerprint density at radius 1 is 1.12 bits per heavy atom. The Morgan fingerprint density at radius 2 is 1.76 bits per heavy atom. The first-order valence-electron chi connectivity index (χ1n) is 7.62. The van der Waals surface area contributed by atoms with E-state index in [2.05, 4.69) is 10.0 Å². The third-order valence-corrected chi connectivity index (χ3v) is 5.85. The van der Waals surface area contributed by atoms with E-state index in [1.54, 1.807) is 11.8 Å². The summed E-state index contributed by atoms with van der Waals surface area (Å²) < 4.78 is 40.1. The van der Waals surface area contributed by atoms with Gasteiger partial charge in [0, 0.05) is 17.2 Å². The molecule has 1 atom stereocenters. The molecular weight excluding hydrogens is 363 g/mol. The first-order valence-corrected chi connectivity index (χ1v) is 10.1. The van der Waals surface area contributed by atoms with Crippen LogP contribution in [0.1, 0.15) is 6.92 Å². The fraction of sp³-hybridized carbons (Fsp3) is 0.235. The summed E-state index contributed by atoms with van der Waals surface area (Å²) in [5.41, 5.74) is 0. The first kappa shape index (κ1) is 19.4. The molecule has 2 rings (SSSR count). The van der Waals surface area contributed by atoms with Gasteiger partial charge < -0.3 is 5.32 Å². The van der Waals surface area contributed by atoms with Crippen LogP contribution in [0.2, 0.25) is 0 Å². The second-order valence-electron chi connectivity index (χ2n) is 5.23. The molecule has 0 saturated carbocycles. The molecule has 0 spiro atoms. The van der Waals surface area contributed by atoms with Gasteiger partial charge in [-0.3, -0.25) is 4.79 Å². The molecular formula is C17H19FN2O3S2. The van der Waals surface area contributed by atoms with E-state index < -0.39 is 32.7 Å². The number of amides is 1. The predicted molar refractivity (Wildman–Crippen MR) is 96.4 cm³/mol. The number of nitrogens with one attached hydrogen (secondary N) is 2. The van der Waals surface area contributed by atoms with Crippen LogP contribution >= 0.6 is 11.8 Å². The molecule has 0 aliphatic heterocycles. The van der Waals surface area contributed by atoms with Crippen LogP contribution in [0.4, 0.5) is 4.39 Å². The van der Waals surface area contributed by atoms with Gasteiger partial charge in [0.25, 0.3) is 0 Å². The summed E-state index contributed by atoms with van der Waals surface area (Å²) in [5, 5.41) is 2.66. The lowest BCUT2D eigenvalue weighted by Crippen LogP contribution is -2.45. The van der Waals surface area contributed by atoms with Gasteiger partial charge in [0.2, 0.25) is 15.9 Å². The van der Waals surface area contributed by atoms with Crippen LogP contribution < -0.4 is 10.0 Å². The van der Waals surface area contributed by atoms with Crippen molar-refractivity contribution >= 4 is 27.7 Å². The molecule has 25 heavy (non-hydrogen) atoms. The largest absolute Gasteiger partial charge is 0.354 e. The highest BCUT2D eigenvalue weighted by Gasteiger charge is 2.24. The normalized spacial score (nSPS) is 12.6. The van der Waals surface area contributed by atoms with Crippen molar-refractivity contribution in [3.8, 4) is 0 Å². The Bertz CT molecular complexity index is 814. The molecule has 0 bridgehead atoms. The minimum atomic E-state index is -4.10. The summed E-state index contributed by atoms with van der Waals surface area (Å²) in [7, 11) is -4.10. The molecule has 0 saturated heterocycles. The molecule has 2 aromatic carbocycles. The van der Waals surface area contributed by atoms with E-state index >= 15 is 0 Å². The molecule has 0 aromatic heterocycles. The van der Waals surface area contributed by atoms with Gasteiger partial charge >= 0.3 is 0 Å². The molecule has 134 valence electrons. The lowest BCUT2D eigenvalue weighted by atomic mass is 10.3. The van der Waals surface area contributed by atoms with Crippen molar-refractivity contribution in [2.75, 3.05) is 12.3 Å². The molecule has 5 nitrogen and oxygen atoms in total. The summed E-state index contributed by atoms with van der Waals surface area (Å²) in [5.74, 6) is -0.668. The van der Waals surface area contributed by atoms with Gasteiger partial charge in [-0.25, -0.2) is 12.8 Å². The standard InChI is InChI=1S/C17H19FN2O3S2/c1-13(20-25(22,23)16-10-6-5-9-15(16)18)17(21)19-11-12-24-14-7-3-2-4-8-14/h2-10,13,20H,11-12H2,1H3,(H,19,21). The van der Waals surface area contributed by atoms with E-state index in [9.17, 15) is 17.6 Å². The molecule has 2 N–H and O–H groups in total. The molecule has 2 aromatic rings. The Kier molecular flexibility index (Phi) is 6.98. The van der Waals surface area contributed by atoms with E-state index in [0.29, 0.717) is 12.3 Å². The van der Waals surface area contributed by atoms with Crippen LogP contribution in [0.15, 0.2) is 64.4 Å². The van der Waals surface area contributed by atoms with Crippen molar-refractivity contribution in [2.24, 2.45) is 0 Å². The molecule has 0 fully saturated rings. The highest BCUT2D eigenvalue weighted by Crippen LogP contribution is 2.16. The van der Waals surface area contributed by atoms with Gasteiger partial charge in [-0.2, -0.15) is 4.72 Å². The minimum absolute atomic E-state index is 0.393. The average Bonchev–Trinajstić information content (AvgIpc) is 2.59. The van der Waals surface area contributed by atoms with Crippen molar-refractivity contribution in [3.05, 3.63) is 60.4 Å². The van der Waals surface area contributed by atoms with Gasteiger partial charge in [-0.05, 0) is 31.2 Å². The van der Waals surface area contributed by atoms with Crippen molar-refractivity contribution in [3.63, 3.8) is 0 Å². The predicted octanol–water partition coefficient (Wildman–Crippen LogP) is 2.40. The number of rotatable bonds is 8. The zero-order valence-corrected chi connectivity index (χ0v) is 15.2. The number of hydrogen-bond acceptors (Lipinski definition) is 4. The van der Waals surface area contributed by atoms with Crippen LogP contribution in [-0.2, 0) is 14.8 Å². The molecule has 0 radical (unpaired) electrons. The number of sulfonamides is 1. The van der Waals surface area contributed by atoms with Crippen molar-refractivity contribution in [1.82, 2.24) is 10.0 Å². The third kappa shape index (κ3) is 5.84. The van der Waals surface area contributed by atoms with Gasteiger partial charge in [0.15, 0.2) is 0 Å². The van der Waals surface area contributed by atoms with Crippen LogP contribution in [0.3, 0.4) is 0 Å². The first-order chi connectivity index (χ1) is 11.9. The maximum absolute atomic E-state index is 13.6. The van der Waals surface area contributed by atoms with E-state index in [4.69, 9.17) is 0 Å². The van der Waals surface area contributed by atoms with Crippen LogP contribution in [-0.4, -0.2) is 32.7 Å². The smallest absolute Gasteiger partial charge is 0.244 e. The van der Waals surface area contributed by atoms with Crippen LogP contribution in [0, 0.1) is 5.82 Å². The highest BCUT2D eigenvalue weighted by atomic mass is 32.2. The van der Waals surface area contributed by atoms with E-state index in [-0.39, 0.29) is 0 Å². The SMILES string of the molecule is CC(NS(=O)(=O)c1ccccc1F)C(=O)NCCSc1ccccc1. The Morgan fingerprint density at radius 3 is 2.44 bits per heavy atom. The quantitative estimate of drug-likeness (QED) is 0.543. The fourth-order valence-corrected chi connectivity index (χ4v) is 4.10. The molecule has 0 aliphatic carbocycles. The lowest BCUT2D eigenvalue weighted by Gasteiger charge is -2.14. The Hall–Kier alpha value is -1.90. The average molecular weight is 382 g/mol. The topological polar surface area (TPSA) is 75.3 Å². The number of benzene rings is 2. The molecule has 1 unspecified atom stereocenters. The molecule has 0 heterocycles. The molecule has 8 heteroatoms. The molecule has 1 amide bonds. The van der Waals surface area contributed by atoms with Crippen molar-refractivity contribution < 1.29 is 17.6 Å². The number of carbonyl (C=O) groups excluding carboxylic acids is 1. The van der Waals surface area contributed by atoms with Crippen molar-refractivity contribution in [2.45, 2.75) is 22.8 Å². The zero-order chi connectivity index (χ0) is 18.3. The summed E-state index contributed by atoms with van der Waals surface area (Å²) in [6.45, 7) is 1.81. The fourth-order valence-electron chi connectivity index (χ4n) is 2.03. The second-order valence-corrected chi connectivity index (χ2v) is 8.08. The maximum Gasteiger partial charge on any atom is 0.244 e. The highest BCUT2D eigenvalue weighted by molar-refractivity contribution is 7.99. The monoisotopic (exact) mass is 382 g/mol. The van der Waals surface area contributed by atoms with Gasteiger partial charge in [-0.1, -0.05) is 30.3 Å². The maximum atomic E-state index is 13.6. The van der Waals surface area contributed by atoms with Gasteiger partial charge in [-0.15, -0.1) is 11.8 Å². The van der Waals surface area contributed by atoms with Crippen LogP contribution in [0.25, 0.3) is 0 Å². The van der Waals surface area contributed by atoms with Gasteiger partial charge in [0.1, 0.15) is 10.7 Å². The number of hydrogen-bond donors (Lipinski definition) is 2. The van der Waals surface area contributed by atoms with Crippen LogP contribution in [0.5, 0.6) is 0 Å². The van der Waals surface area contributed by atoms with E-state index in [1.165, 1.54) is 19.1 Å². The minimum Gasteiger partial charge on any atom is -0.354 e. The summed E-state index contributed by atoms with van der Waals surface area (Å²) >= 11 is 1.58. The van der Waals surface area contributed by atoms with E-state index in [0.717, 1.165) is 17.0 Å². The summed E-state index contributed by atoms with van der Waals surface area (Å²) in [6.07, 6.45) is 0. The van der Waals surface area contributed by atoms with Crippen molar-refractivity contribution in [1.29, 1.82) is 0 Å².